The average Bonchev–Trinajstić information content (AvgIpc) is 3.14. The molecule has 0 bridgehead atoms. The Bertz CT molecular complexity index is 606. The zero-order valence-electron chi connectivity index (χ0n) is 12.4. The molecule has 2 aromatic rings. The molecule has 21 heavy (non-hydrogen) atoms. The van der Waals surface area contributed by atoms with Gasteiger partial charge in [0.2, 0.25) is 0 Å². The van der Waals surface area contributed by atoms with Gasteiger partial charge in [0.25, 0.3) is 5.91 Å². The topological polar surface area (TPSA) is 38.1 Å². The van der Waals surface area contributed by atoms with E-state index >= 15 is 0 Å². The van der Waals surface area contributed by atoms with Crippen LogP contribution in [-0.2, 0) is 13.5 Å². The van der Waals surface area contributed by atoms with Crippen LogP contribution in [0.4, 0.5) is 0 Å². The monoisotopic (exact) mass is 283 g/mol. The Morgan fingerprint density at radius 1 is 1.33 bits per heavy atom. The lowest BCUT2D eigenvalue weighted by Gasteiger charge is -2.24. The Balaban J connectivity index is 1.64. The van der Waals surface area contributed by atoms with Crippen LogP contribution >= 0.6 is 0 Å². The maximum atomic E-state index is 12.6. The minimum Gasteiger partial charge on any atom is -0.336 e. The number of carbonyl (C=O) groups is 1. The van der Waals surface area contributed by atoms with E-state index in [1.54, 1.807) is 17.1 Å². The van der Waals surface area contributed by atoms with Gasteiger partial charge in [-0.2, -0.15) is 5.10 Å². The highest BCUT2D eigenvalue weighted by Gasteiger charge is 2.29. The van der Waals surface area contributed by atoms with Crippen LogP contribution in [0.3, 0.4) is 0 Å². The highest BCUT2D eigenvalue weighted by Crippen LogP contribution is 2.23. The minimum atomic E-state index is 0.124. The Morgan fingerprint density at radius 3 is 2.86 bits per heavy atom. The molecule has 110 valence electrons. The number of rotatable bonds is 4. The third-order valence-electron chi connectivity index (χ3n) is 4.20. The summed E-state index contributed by atoms with van der Waals surface area (Å²) in [5.41, 5.74) is 2.04. The number of likely N-dealkylation sites (tertiary alicyclic amines) is 1. The first-order chi connectivity index (χ1) is 10.2. The molecule has 0 N–H and O–H groups in total. The Kier molecular flexibility index (Phi) is 4.04. The highest BCUT2D eigenvalue weighted by molar-refractivity contribution is 5.94. The molecule has 0 spiro atoms. The van der Waals surface area contributed by atoms with E-state index in [4.69, 9.17) is 0 Å². The molecule has 0 unspecified atom stereocenters. The van der Waals surface area contributed by atoms with E-state index in [-0.39, 0.29) is 5.91 Å². The fraction of sp³-hybridized carbons (Fsp3) is 0.412. The summed E-state index contributed by atoms with van der Waals surface area (Å²) in [5.74, 6) is 0.124. The molecule has 4 heteroatoms. The summed E-state index contributed by atoms with van der Waals surface area (Å²) >= 11 is 0. The van der Waals surface area contributed by atoms with Crippen LogP contribution in [0.1, 0.15) is 35.2 Å². The van der Waals surface area contributed by atoms with E-state index in [2.05, 4.69) is 29.4 Å². The molecule has 1 fully saturated rings. The van der Waals surface area contributed by atoms with Crippen LogP contribution in [-0.4, -0.2) is 33.2 Å². The first-order valence-corrected chi connectivity index (χ1v) is 7.57. The molecule has 1 aromatic heterocycles. The normalized spacial score (nSPS) is 18.1. The number of carbonyl (C=O) groups excluding carboxylic acids is 1. The molecule has 0 saturated carbocycles. The van der Waals surface area contributed by atoms with Crippen molar-refractivity contribution in [3.05, 3.63) is 53.9 Å². The number of amides is 1. The van der Waals surface area contributed by atoms with Crippen molar-refractivity contribution >= 4 is 5.91 Å². The van der Waals surface area contributed by atoms with Gasteiger partial charge in [0, 0.05) is 25.8 Å². The van der Waals surface area contributed by atoms with E-state index in [9.17, 15) is 4.79 Å². The van der Waals surface area contributed by atoms with Crippen molar-refractivity contribution in [3.63, 3.8) is 0 Å². The maximum absolute atomic E-state index is 12.6. The lowest BCUT2D eigenvalue weighted by Crippen LogP contribution is -2.35. The van der Waals surface area contributed by atoms with Gasteiger partial charge >= 0.3 is 0 Å². The Hall–Kier alpha value is -2.10. The van der Waals surface area contributed by atoms with Crippen molar-refractivity contribution in [1.82, 2.24) is 14.7 Å². The molecule has 1 aliphatic heterocycles. The van der Waals surface area contributed by atoms with Crippen molar-refractivity contribution in [2.24, 2.45) is 7.05 Å². The molecule has 1 aromatic carbocycles. The van der Waals surface area contributed by atoms with E-state index < -0.39 is 0 Å². The Labute approximate surface area is 125 Å². The van der Waals surface area contributed by atoms with Gasteiger partial charge in [0.05, 0.1) is 11.8 Å². The standard InChI is InChI=1S/C17H21N3O/c1-19-13-15(12-18-19)17(21)20-11-5-8-16(20)10-9-14-6-3-2-4-7-14/h2-4,6-7,12-13,16H,5,8-11H2,1H3/t16-/m0/s1. The predicted octanol–water partition coefficient (Wildman–Crippen LogP) is 2.66. The molecule has 3 rings (SSSR count). The summed E-state index contributed by atoms with van der Waals surface area (Å²) in [6.07, 6.45) is 7.74. The first kappa shape index (κ1) is 13.9. The lowest BCUT2D eigenvalue weighted by molar-refractivity contribution is 0.0730. The highest BCUT2D eigenvalue weighted by atomic mass is 16.2. The van der Waals surface area contributed by atoms with Crippen LogP contribution in [0, 0.1) is 0 Å². The van der Waals surface area contributed by atoms with Crippen LogP contribution < -0.4 is 0 Å². The molecular weight excluding hydrogens is 262 g/mol. The third kappa shape index (κ3) is 3.15. The zero-order valence-corrected chi connectivity index (χ0v) is 12.4. The average molecular weight is 283 g/mol. The van der Waals surface area contributed by atoms with Crippen LogP contribution in [0.2, 0.25) is 0 Å². The maximum Gasteiger partial charge on any atom is 0.257 e. The summed E-state index contributed by atoms with van der Waals surface area (Å²) in [6, 6.07) is 10.9. The molecule has 1 saturated heterocycles. The van der Waals surface area contributed by atoms with Gasteiger partial charge in [-0.1, -0.05) is 30.3 Å². The molecular formula is C17H21N3O. The molecule has 0 radical (unpaired) electrons. The van der Waals surface area contributed by atoms with Crippen molar-refractivity contribution in [1.29, 1.82) is 0 Å². The van der Waals surface area contributed by atoms with E-state index in [1.165, 1.54) is 5.56 Å². The van der Waals surface area contributed by atoms with Crippen molar-refractivity contribution in [3.8, 4) is 0 Å². The van der Waals surface area contributed by atoms with E-state index in [1.807, 2.05) is 18.0 Å². The molecule has 1 atom stereocenters. The first-order valence-electron chi connectivity index (χ1n) is 7.57. The molecule has 0 aliphatic carbocycles. The van der Waals surface area contributed by atoms with Gasteiger partial charge in [0.1, 0.15) is 0 Å². The summed E-state index contributed by atoms with van der Waals surface area (Å²) in [7, 11) is 1.84. The number of benzene rings is 1. The largest absolute Gasteiger partial charge is 0.336 e. The van der Waals surface area contributed by atoms with Crippen molar-refractivity contribution in [2.45, 2.75) is 31.7 Å². The quantitative estimate of drug-likeness (QED) is 0.865. The lowest BCUT2D eigenvalue weighted by atomic mass is 10.0. The Morgan fingerprint density at radius 2 is 2.14 bits per heavy atom. The van der Waals surface area contributed by atoms with Crippen LogP contribution in [0.25, 0.3) is 0 Å². The minimum absolute atomic E-state index is 0.124. The SMILES string of the molecule is Cn1cc(C(=O)N2CCC[C@H]2CCc2ccccc2)cn1. The van der Waals surface area contributed by atoms with Gasteiger partial charge in [-0.15, -0.1) is 0 Å². The number of nitrogens with zero attached hydrogens (tertiary/aromatic N) is 3. The molecule has 4 nitrogen and oxygen atoms in total. The summed E-state index contributed by atoms with van der Waals surface area (Å²) in [6.45, 7) is 0.868. The summed E-state index contributed by atoms with van der Waals surface area (Å²) in [4.78, 5) is 14.6. The summed E-state index contributed by atoms with van der Waals surface area (Å²) < 4.78 is 1.68. The molecule has 1 aliphatic rings. The van der Waals surface area contributed by atoms with Crippen molar-refractivity contribution in [2.75, 3.05) is 6.54 Å². The fourth-order valence-electron chi connectivity index (χ4n) is 3.08. The number of hydrogen-bond acceptors (Lipinski definition) is 2. The van der Waals surface area contributed by atoms with Crippen molar-refractivity contribution < 1.29 is 4.79 Å². The van der Waals surface area contributed by atoms with Gasteiger partial charge in [-0.05, 0) is 31.2 Å². The second-order valence-corrected chi connectivity index (χ2v) is 5.72. The second-order valence-electron chi connectivity index (χ2n) is 5.72. The van der Waals surface area contributed by atoms with Crippen LogP contribution in [0.5, 0.6) is 0 Å². The predicted molar refractivity (Wildman–Crippen MR) is 82.0 cm³/mol. The fourth-order valence-corrected chi connectivity index (χ4v) is 3.08. The van der Waals surface area contributed by atoms with E-state index in [0.29, 0.717) is 11.6 Å². The van der Waals surface area contributed by atoms with Gasteiger partial charge in [-0.25, -0.2) is 0 Å². The molecule has 1 amide bonds. The van der Waals surface area contributed by atoms with E-state index in [0.717, 1.165) is 32.2 Å². The number of aromatic nitrogens is 2. The van der Waals surface area contributed by atoms with Gasteiger partial charge in [-0.3, -0.25) is 9.48 Å². The zero-order chi connectivity index (χ0) is 14.7. The smallest absolute Gasteiger partial charge is 0.257 e. The third-order valence-corrected chi connectivity index (χ3v) is 4.20. The number of aryl methyl sites for hydroxylation is 2. The second kappa shape index (κ2) is 6.12. The summed E-state index contributed by atoms with van der Waals surface area (Å²) in [5, 5.41) is 4.10. The number of hydrogen-bond donors (Lipinski definition) is 0. The van der Waals surface area contributed by atoms with Crippen LogP contribution in [0.15, 0.2) is 42.7 Å². The molecule has 2 heterocycles. The van der Waals surface area contributed by atoms with Gasteiger partial charge in [0.15, 0.2) is 0 Å². The van der Waals surface area contributed by atoms with Gasteiger partial charge < -0.3 is 4.90 Å².